The molecule has 3 N–H and O–H groups in total. The number of benzene rings is 2. The van der Waals surface area contributed by atoms with E-state index in [2.05, 4.69) is 25.4 Å². The smallest absolute Gasteiger partial charge is 0.312 e. The van der Waals surface area contributed by atoms with E-state index >= 15 is 0 Å². The Morgan fingerprint density at radius 2 is 1.90 bits per heavy atom. The van der Waals surface area contributed by atoms with Crippen molar-refractivity contribution in [2.24, 2.45) is 0 Å². The average molecular weight is 394 g/mol. The Balaban J connectivity index is 1.40. The van der Waals surface area contributed by atoms with Crippen LogP contribution in [0.2, 0.25) is 0 Å². The number of rotatable bonds is 6. The Hall–Kier alpha value is -4.08. The van der Waals surface area contributed by atoms with E-state index < -0.39 is 5.97 Å². The number of fused-ring (bicyclic) bond motifs is 1. The molecular weight excluding hydrogens is 379 g/mol. The summed E-state index contributed by atoms with van der Waals surface area (Å²) in [5.74, 6) is -0.606. The van der Waals surface area contributed by atoms with Crippen molar-refractivity contribution in [3.05, 3.63) is 65.9 Å². The number of hydrogen-bond acceptors (Lipinski definition) is 9. The molecule has 0 amide bonds. The van der Waals surface area contributed by atoms with Crippen LogP contribution in [0.4, 0.5) is 22.0 Å². The molecule has 0 radical (unpaired) electrons. The Morgan fingerprint density at radius 1 is 1.10 bits per heavy atom. The summed E-state index contributed by atoms with van der Waals surface area (Å²) in [6.07, 6.45) is -0.0573. The summed E-state index contributed by atoms with van der Waals surface area (Å²) in [6, 6.07) is 12.9. The number of carbonyl (C=O) groups excluding carboxylic acids is 1. The first kappa shape index (κ1) is 18.3. The molecule has 0 saturated carbocycles. The second-order valence-electron chi connectivity index (χ2n) is 6.03. The van der Waals surface area contributed by atoms with Gasteiger partial charge in [0.25, 0.3) is 0 Å². The van der Waals surface area contributed by atoms with Crippen molar-refractivity contribution in [2.45, 2.75) is 13.0 Å². The fraction of sp³-hybridized carbons (Fsp3) is 0.105. The van der Waals surface area contributed by atoms with Gasteiger partial charge in [0.15, 0.2) is 18.0 Å². The Kier molecular flexibility index (Phi) is 4.97. The van der Waals surface area contributed by atoms with Crippen LogP contribution in [0.3, 0.4) is 0 Å². The number of ether oxygens (including phenoxy) is 1. The molecule has 0 atom stereocenters. The molecule has 0 aliphatic heterocycles. The first-order valence-corrected chi connectivity index (χ1v) is 8.59. The zero-order valence-electron chi connectivity index (χ0n) is 15.0. The van der Waals surface area contributed by atoms with E-state index in [1.807, 2.05) is 18.2 Å². The van der Waals surface area contributed by atoms with Crippen LogP contribution in [0.1, 0.15) is 11.5 Å². The normalized spacial score (nSPS) is 10.8. The molecule has 29 heavy (non-hydrogen) atoms. The number of nitrogens with two attached hydrogens (primary N) is 1. The van der Waals surface area contributed by atoms with Gasteiger partial charge >= 0.3 is 5.97 Å². The maximum atomic E-state index is 13.0. The summed E-state index contributed by atoms with van der Waals surface area (Å²) in [7, 11) is 0. The highest BCUT2D eigenvalue weighted by atomic mass is 19.1. The van der Waals surface area contributed by atoms with Crippen molar-refractivity contribution < 1.29 is 18.4 Å². The van der Waals surface area contributed by atoms with Crippen LogP contribution in [0.5, 0.6) is 0 Å². The topological polar surface area (TPSA) is 129 Å². The molecule has 10 heteroatoms. The Labute approximate surface area is 163 Å². The molecule has 9 nitrogen and oxygen atoms in total. The minimum absolute atomic E-state index is 0.0434. The quantitative estimate of drug-likeness (QED) is 0.474. The predicted octanol–water partition coefficient (Wildman–Crippen LogP) is 2.76. The summed E-state index contributed by atoms with van der Waals surface area (Å²) in [5.41, 5.74) is 7.34. The van der Waals surface area contributed by atoms with Crippen LogP contribution < -0.4 is 11.1 Å². The number of aromatic nitrogens is 4. The summed E-state index contributed by atoms with van der Waals surface area (Å²) in [6.45, 7) is -0.195. The number of nitrogen functional groups attached to an aromatic ring is 1. The van der Waals surface area contributed by atoms with Crippen LogP contribution in [0.15, 0.2) is 53.1 Å². The highest BCUT2D eigenvalue weighted by molar-refractivity contribution is 5.84. The molecule has 4 aromatic rings. The molecule has 2 heterocycles. The van der Waals surface area contributed by atoms with Gasteiger partial charge in [-0.1, -0.05) is 17.3 Å². The van der Waals surface area contributed by atoms with E-state index in [-0.39, 0.29) is 36.6 Å². The molecule has 2 aromatic heterocycles. The summed E-state index contributed by atoms with van der Waals surface area (Å²) in [5, 5.41) is 7.53. The molecule has 0 bridgehead atoms. The lowest BCUT2D eigenvalue weighted by Crippen LogP contribution is -2.12. The zero-order chi connectivity index (χ0) is 20.2. The third-order valence-electron chi connectivity index (χ3n) is 3.93. The number of para-hydroxylation sites is 1. The largest absolute Gasteiger partial charge is 0.457 e. The van der Waals surface area contributed by atoms with E-state index in [9.17, 15) is 9.18 Å². The van der Waals surface area contributed by atoms with Gasteiger partial charge in [0, 0.05) is 11.1 Å². The number of esters is 1. The number of nitrogens with one attached hydrogen (secondary N) is 1. The van der Waals surface area contributed by atoms with Crippen molar-refractivity contribution >= 4 is 34.5 Å². The lowest BCUT2D eigenvalue weighted by atomic mass is 10.2. The first-order chi connectivity index (χ1) is 14.1. The van der Waals surface area contributed by atoms with Gasteiger partial charge in [-0.05, 0) is 36.4 Å². The Bertz CT molecular complexity index is 1160. The van der Waals surface area contributed by atoms with Crippen molar-refractivity contribution in [2.75, 3.05) is 11.1 Å². The summed E-state index contributed by atoms with van der Waals surface area (Å²) >= 11 is 0. The molecule has 0 spiro atoms. The maximum Gasteiger partial charge on any atom is 0.312 e. The Morgan fingerprint density at radius 3 is 2.72 bits per heavy atom. The van der Waals surface area contributed by atoms with Crippen molar-refractivity contribution in [3.8, 4) is 0 Å². The second kappa shape index (κ2) is 7.89. The first-order valence-electron chi connectivity index (χ1n) is 8.59. The van der Waals surface area contributed by atoms with Gasteiger partial charge in [0.1, 0.15) is 11.5 Å². The van der Waals surface area contributed by atoms with Crippen LogP contribution in [0, 0.1) is 5.82 Å². The molecule has 146 valence electrons. The molecule has 0 saturated heterocycles. The molecule has 0 unspecified atom stereocenters. The van der Waals surface area contributed by atoms with Crippen molar-refractivity contribution in [1.29, 1.82) is 0 Å². The summed E-state index contributed by atoms with van der Waals surface area (Å²) < 4.78 is 23.4. The number of halogens is 1. The van der Waals surface area contributed by atoms with Gasteiger partial charge in [0.05, 0.1) is 6.42 Å². The average Bonchev–Trinajstić information content (AvgIpc) is 3.11. The van der Waals surface area contributed by atoms with Gasteiger partial charge in [0.2, 0.25) is 11.9 Å². The van der Waals surface area contributed by atoms with Gasteiger partial charge < -0.3 is 20.3 Å². The third-order valence-corrected chi connectivity index (χ3v) is 3.93. The van der Waals surface area contributed by atoms with E-state index in [1.165, 1.54) is 24.3 Å². The molecule has 2 aromatic carbocycles. The molecule has 0 fully saturated rings. The molecule has 0 aliphatic carbocycles. The van der Waals surface area contributed by atoms with Crippen molar-refractivity contribution in [1.82, 2.24) is 20.1 Å². The van der Waals surface area contributed by atoms with Gasteiger partial charge in [-0.25, -0.2) is 4.39 Å². The fourth-order valence-corrected chi connectivity index (χ4v) is 2.62. The number of anilines is 3. The molecule has 4 rings (SSSR count). The van der Waals surface area contributed by atoms with Gasteiger partial charge in [-0.3, -0.25) is 4.79 Å². The highest BCUT2D eigenvalue weighted by Gasteiger charge is 2.14. The number of nitrogens with zero attached hydrogens (tertiary/aromatic N) is 4. The molecule has 0 aliphatic rings. The zero-order valence-corrected chi connectivity index (χ0v) is 15.0. The lowest BCUT2D eigenvalue weighted by Gasteiger charge is -2.08. The summed E-state index contributed by atoms with van der Waals surface area (Å²) in [4.78, 5) is 24.2. The maximum absolute atomic E-state index is 13.0. The number of hydrogen-bond donors (Lipinski definition) is 2. The van der Waals surface area contributed by atoms with E-state index in [4.69, 9.17) is 15.0 Å². The van der Waals surface area contributed by atoms with Crippen LogP contribution >= 0.6 is 0 Å². The van der Waals surface area contributed by atoms with Gasteiger partial charge in [-0.15, -0.1) is 0 Å². The van der Waals surface area contributed by atoms with Gasteiger partial charge in [-0.2, -0.15) is 15.0 Å². The van der Waals surface area contributed by atoms with Crippen molar-refractivity contribution in [3.63, 3.8) is 0 Å². The third kappa shape index (κ3) is 4.43. The highest BCUT2D eigenvalue weighted by Crippen LogP contribution is 2.19. The minimum Gasteiger partial charge on any atom is -0.457 e. The SMILES string of the molecule is Nc1nc(COC(=O)Cc2noc3ccccc23)nc(Nc2ccc(F)cc2)n1. The van der Waals surface area contributed by atoms with Crippen LogP contribution in [0.25, 0.3) is 11.0 Å². The predicted molar refractivity (Wildman–Crippen MR) is 101 cm³/mol. The van der Waals surface area contributed by atoms with E-state index in [0.29, 0.717) is 17.0 Å². The second-order valence-corrected chi connectivity index (χ2v) is 6.03. The standard InChI is InChI=1S/C19H15FN6O3/c20-11-5-7-12(8-6-11)22-19-24-16(23-18(21)25-19)10-28-17(27)9-14-13-3-1-2-4-15(13)29-26-14/h1-8H,9-10H2,(H3,21,22,23,24,25). The fourth-order valence-electron chi connectivity index (χ4n) is 2.62. The lowest BCUT2D eigenvalue weighted by molar-refractivity contribution is -0.144. The number of carbonyl (C=O) groups is 1. The minimum atomic E-state index is -0.518. The molecular formula is C19H15FN6O3. The van der Waals surface area contributed by atoms with E-state index in [0.717, 1.165) is 5.39 Å². The van der Waals surface area contributed by atoms with Crippen LogP contribution in [-0.2, 0) is 22.6 Å². The monoisotopic (exact) mass is 394 g/mol. The van der Waals surface area contributed by atoms with Crippen LogP contribution in [-0.4, -0.2) is 26.1 Å². The van der Waals surface area contributed by atoms with E-state index in [1.54, 1.807) is 6.07 Å².